The Labute approximate surface area is 87.4 Å². The van der Waals surface area contributed by atoms with Crippen molar-refractivity contribution < 1.29 is 8.42 Å². The Balaban J connectivity index is 3.64. The van der Waals surface area contributed by atoms with Crippen LogP contribution in [0.15, 0.2) is 17.0 Å². The first-order chi connectivity index (χ1) is 6.36. The largest absolute Gasteiger partial charge is 0.261 e. The van der Waals surface area contributed by atoms with Crippen LogP contribution in [0.5, 0.6) is 0 Å². The van der Waals surface area contributed by atoms with Gasteiger partial charge in [-0.1, -0.05) is 0 Å². The molecule has 1 aromatic rings. The second-order valence-electron chi connectivity index (χ2n) is 2.99. The van der Waals surface area contributed by atoms with Crippen molar-refractivity contribution in [1.82, 2.24) is 0 Å². The molecule has 14 heavy (non-hydrogen) atoms. The van der Waals surface area contributed by atoms with E-state index in [0.29, 0.717) is 16.7 Å². The van der Waals surface area contributed by atoms with E-state index in [2.05, 4.69) is 0 Å². The molecule has 0 aliphatic carbocycles. The summed E-state index contributed by atoms with van der Waals surface area (Å²) >= 11 is 0. The highest BCUT2D eigenvalue weighted by molar-refractivity contribution is 8.13. The third kappa shape index (κ3) is 2.06. The Hall–Kier alpha value is -1.05. The molecule has 0 heterocycles. The Bertz CT molecular complexity index is 514. The number of hydrogen-bond donors (Lipinski definition) is 0. The molecule has 0 amide bonds. The third-order valence-electron chi connectivity index (χ3n) is 1.89. The average molecular weight is 230 g/mol. The first-order valence-electron chi connectivity index (χ1n) is 3.82. The molecule has 1 aromatic carbocycles. The van der Waals surface area contributed by atoms with Crippen molar-refractivity contribution in [2.24, 2.45) is 0 Å². The molecule has 0 aliphatic heterocycles. The summed E-state index contributed by atoms with van der Waals surface area (Å²) in [6.45, 7) is 3.28. The minimum atomic E-state index is -3.77. The van der Waals surface area contributed by atoms with E-state index < -0.39 is 9.05 Å². The second kappa shape index (κ2) is 3.60. The third-order valence-corrected chi connectivity index (χ3v) is 3.34. The summed E-state index contributed by atoms with van der Waals surface area (Å²) in [4.78, 5) is 0.00992. The summed E-state index contributed by atoms with van der Waals surface area (Å²) in [6, 6.07) is 5.01. The van der Waals surface area contributed by atoms with Gasteiger partial charge in [-0.15, -0.1) is 0 Å². The number of hydrogen-bond acceptors (Lipinski definition) is 3. The fraction of sp³-hybridized carbons (Fsp3) is 0.222. The van der Waals surface area contributed by atoms with E-state index in [-0.39, 0.29) is 4.90 Å². The van der Waals surface area contributed by atoms with E-state index >= 15 is 0 Å². The lowest BCUT2D eigenvalue weighted by Gasteiger charge is -2.05. The molecule has 74 valence electrons. The van der Waals surface area contributed by atoms with Gasteiger partial charge in [-0.05, 0) is 37.1 Å². The quantitative estimate of drug-likeness (QED) is 0.693. The fourth-order valence-corrected chi connectivity index (χ4v) is 2.48. The van der Waals surface area contributed by atoms with E-state index in [0.717, 1.165) is 0 Å². The van der Waals surface area contributed by atoms with E-state index in [4.69, 9.17) is 15.9 Å². The Morgan fingerprint density at radius 2 is 1.93 bits per heavy atom. The number of benzene rings is 1. The van der Waals surface area contributed by atoms with Gasteiger partial charge in [-0.3, -0.25) is 0 Å². The first-order valence-corrected chi connectivity index (χ1v) is 6.13. The normalized spacial score (nSPS) is 11.0. The van der Waals surface area contributed by atoms with Gasteiger partial charge >= 0.3 is 0 Å². The van der Waals surface area contributed by atoms with Gasteiger partial charge in [0.2, 0.25) is 0 Å². The van der Waals surface area contributed by atoms with Crippen LogP contribution in [0.4, 0.5) is 0 Å². The van der Waals surface area contributed by atoms with Crippen LogP contribution in [0.25, 0.3) is 0 Å². The number of halogens is 1. The van der Waals surface area contributed by atoms with Crippen LogP contribution in [0, 0.1) is 25.2 Å². The van der Waals surface area contributed by atoms with Crippen LogP contribution >= 0.6 is 10.7 Å². The molecule has 0 fully saturated rings. The molecular formula is C9H8ClNO2S. The fourth-order valence-electron chi connectivity index (χ4n) is 1.19. The van der Waals surface area contributed by atoms with Crippen LogP contribution in [-0.2, 0) is 9.05 Å². The highest BCUT2D eigenvalue weighted by Crippen LogP contribution is 2.23. The number of nitrogens with zero attached hydrogens (tertiary/aromatic N) is 1. The molecule has 0 unspecified atom stereocenters. The Morgan fingerprint density at radius 3 is 2.36 bits per heavy atom. The predicted octanol–water partition coefficient (Wildman–Crippen LogP) is 2.10. The van der Waals surface area contributed by atoms with E-state index in [1.165, 1.54) is 6.07 Å². The zero-order chi connectivity index (χ0) is 10.9. The van der Waals surface area contributed by atoms with Crippen LogP contribution in [0.3, 0.4) is 0 Å². The molecule has 5 heteroatoms. The van der Waals surface area contributed by atoms with Crippen LogP contribution in [-0.4, -0.2) is 8.42 Å². The van der Waals surface area contributed by atoms with Gasteiger partial charge in [0.15, 0.2) is 0 Å². The molecule has 0 aromatic heterocycles. The van der Waals surface area contributed by atoms with Crippen molar-refractivity contribution >= 4 is 19.7 Å². The zero-order valence-electron chi connectivity index (χ0n) is 7.70. The monoisotopic (exact) mass is 229 g/mol. The second-order valence-corrected chi connectivity index (χ2v) is 5.52. The van der Waals surface area contributed by atoms with E-state index in [9.17, 15) is 8.42 Å². The predicted molar refractivity (Wildman–Crippen MR) is 53.7 cm³/mol. The van der Waals surface area contributed by atoms with Gasteiger partial charge in [0.1, 0.15) is 0 Å². The molecule has 0 bridgehead atoms. The lowest BCUT2D eigenvalue weighted by molar-refractivity contribution is 0.609. The molecule has 1 rings (SSSR count). The SMILES string of the molecule is Cc1cc(C#N)c(C)c(S(=O)(=O)Cl)c1. The summed E-state index contributed by atoms with van der Waals surface area (Å²) < 4.78 is 22.3. The van der Waals surface area contributed by atoms with Gasteiger partial charge in [0, 0.05) is 10.7 Å². The van der Waals surface area contributed by atoms with Crippen molar-refractivity contribution in [2.75, 3.05) is 0 Å². The van der Waals surface area contributed by atoms with Gasteiger partial charge in [-0.2, -0.15) is 5.26 Å². The molecule has 0 N–H and O–H groups in total. The molecule has 0 radical (unpaired) electrons. The van der Waals surface area contributed by atoms with Gasteiger partial charge in [0.05, 0.1) is 16.5 Å². The van der Waals surface area contributed by atoms with Crippen LogP contribution in [0.1, 0.15) is 16.7 Å². The minimum Gasteiger partial charge on any atom is -0.207 e. The summed E-state index contributed by atoms with van der Waals surface area (Å²) in [5, 5.41) is 8.75. The lowest BCUT2D eigenvalue weighted by Crippen LogP contribution is -1.98. The zero-order valence-corrected chi connectivity index (χ0v) is 9.28. The van der Waals surface area contributed by atoms with Gasteiger partial charge < -0.3 is 0 Å². The van der Waals surface area contributed by atoms with Crippen molar-refractivity contribution in [3.8, 4) is 6.07 Å². The topological polar surface area (TPSA) is 57.9 Å². The maximum atomic E-state index is 11.1. The molecule has 0 aliphatic rings. The summed E-state index contributed by atoms with van der Waals surface area (Å²) in [5.74, 6) is 0. The van der Waals surface area contributed by atoms with Crippen LogP contribution < -0.4 is 0 Å². The minimum absolute atomic E-state index is 0.00992. The summed E-state index contributed by atoms with van der Waals surface area (Å²) in [7, 11) is 1.46. The standard InChI is InChI=1S/C9H8ClNO2S/c1-6-3-8(5-11)7(2)9(4-6)14(10,12)13/h3-4H,1-2H3. The summed E-state index contributed by atoms with van der Waals surface area (Å²) in [6.07, 6.45) is 0. The van der Waals surface area contributed by atoms with Crippen molar-refractivity contribution in [2.45, 2.75) is 18.7 Å². The smallest absolute Gasteiger partial charge is 0.207 e. The highest BCUT2D eigenvalue weighted by Gasteiger charge is 2.16. The molecule has 0 atom stereocenters. The Kier molecular flexibility index (Phi) is 2.84. The van der Waals surface area contributed by atoms with Crippen molar-refractivity contribution in [3.05, 3.63) is 28.8 Å². The maximum absolute atomic E-state index is 11.1. The van der Waals surface area contributed by atoms with Crippen molar-refractivity contribution in [3.63, 3.8) is 0 Å². The number of nitriles is 1. The lowest BCUT2D eigenvalue weighted by atomic mass is 10.1. The molecule has 3 nitrogen and oxygen atoms in total. The van der Waals surface area contributed by atoms with Crippen LogP contribution in [0.2, 0.25) is 0 Å². The molecule has 0 saturated heterocycles. The molecular weight excluding hydrogens is 222 g/mol. The maximum Gasteiger partial charge on any atom is 0.261 e. The van der Waals surface area contributed by atoms with E-state index in [1.807, 2.05) is 6.07 Å². The number of rotatable bonds is 1. The molecule has 0 spiro atoms. The summed E-state index contributed by atoms with van der Waals surface area (Å²) in [5.41, 5.74) is 1.43. The van der Waals surface area contributed by atoms with E-state index in [1.54, 1.807) is 19.9 Å². The van der Waals surface area contributed by atoms with Gasteiger partial charge in [0.25, 0.3) is 9.05 Å². The Morgan fingerprint density at radius 1 is 1.36 bits per heavy atom. The van der Waals surface area contributed by atoms with Gasteiger partial charge in [-0.25, -0.2) is 8.42 Å². The highest BCUT2D eigenvalue weighted by atomic mass is 35.7. The number of aryl methyl sites for hydroxylation is 1. The first kappa shape index (κ1) is 11.0. The average Bonchev–Trinajstić information content (AvgIpc) is 2.06. The van der Waals surface area contributed by atoms with Crippen molar-refractivity contribution in [1.29, 1.82) is 5.26 Å². The molecule has 0 saturated carbocycles.